The number of hydrogen-bond acceptors (Lipinski definition) is 3. The van der Waals surface area contributed by atoms with E-state index in [9.17, 15) is 0 Å². The van der Waals surface area contributed by atoms with Crippen LogP contribution in [0, 0.1) is 6.92 Å². The van der Waals surface area contributed by atoms with E-state index in [1.165, 1.54) is 0 Å². The number of nitrogens with zero attached hydrogens (tertiary/aromatic N) is 4. The zero-order valence-electron chi connectivity index (χ0n) is 10.2. The Morgan fingerprint density at radius 3 is 2.65 bits per heavy atom. The Bertz CT molecular complexity index is 514. The smallest absolute Gasteiger partial charge is 0.122 e. The molecule has 6 heteroatoms. The number of aryl methyl sites for hydroxylation is 3. The van der Waals surface area contributed by atoms with Gasteiger partial charge in [0.1, 0.15) is 5.82 Å². The van der Waals surface area contributed by atoms with Crippen molar-refractivity contribution in [2.75, 3.05) is 0 Å². The summed E-state index contributed by atoms with van der Waals surface area (Å²) in [4.78, 5) is 4.24. The maximum absolute atomic E-state index is 6.16. The van der Waals surface area contributed by atoms with Crippen molar-refractivity contribution in [3.8, 4) is 0 Å². The first kappa shape index (κ1) is 12.1. The molecule has 2 heterocycles. The second kappa shape index (κ2) is 4.89. The van der Waals surface area contributed by atoms with Gasteiger partial charge in [-0.05, 0) is 6.92 Å². The predicted octanol–water partition coefficient (Wildman–Crippen LogP) is 1.41. The van der Waals surface area contributed by atoms with Gasteiger partial charge in [0, 0.05) is 33.0 Å². The highest BCUT2D eigenvalue weighted by Gasteiger charge is 2.10. The van der Waals surface area contributed by atoms with Gasteiger partial charge in [0.2, 0.25) is 0 Å². The molecule has 0 aromatic carbocycles. The first-order valence-electron chi connectivity index (χ1n) is 5.44. The van der Waals surface area contributed by atoms with Crippen LogP contribution in [0.5, 0.6) is 0 Å². The summed E-state index contributed by atoms with van der Waals surface area (Å²) in [5.74, 6) is 1.00. The van der Waals surface area contributed by atoms with Crippen LogP contribution < -0.4 is 5.32 Å². The van der Waals surface area contributed by atoms with E-state index in [4.69, 9.17) is 11.6 Å². The molecule has 92 valence electrons. The Balaban J connectivity index is 1.97. The molecule has 0 saturated carbocycles. The summed E-state index contributed by atoms with van der Waals surface area (Å²) >= 11 is 6.16. The molecule has 5 nitrogen and oxygen atoms in total. The predicted molar refractivity (Wildman–Crippen MR) is 66.7 cm³/mol. The molecule has 0 fully saturated rings. The van der Waals surface area contributed by atoms with E-state index in [-0.39, 0.29) is 0 Å². The highest BCUT2D eigenvalue weighted by molar-refractivity contribution is 6.31. The number of imidazole rings is 1. The van der Waals surface area contributed by atoms with Gasteiger partial charge < -0.3 is 9.88 Å². The van der Waals surface area contributed by atoms with Crippen molar-refractivity contribution < 1.29 is 0 Å². The van der Waals surface area contributed by atoms with Crippen LogP contribution in [0.2, 0.25) is 5.02 Å². The van der Waals surface area contributed by atoms with Crippen molar-refractivity contribution in [1.82, 2.24) is 24.6 Å². The summed E-state index contributed by atoms with van der Waals surface area (Å²) in [6, 6.07) is 0. The number of halogens is 1. The van der Waals surface area contributed by atoms with Gasteiger partial charge in [-0.3, -0.25) is 4.68 Å². The van der Waals surface area contributed by atoms with Crippen LogP contribution in [0.4, 0.5) is 0 Å². The molecular weight excluding hydrogens is 238 g/mol. The van der Waals surface area contributed by atoms with Gasteiger partial charge in [0.05, 0.1) is 23.0 Å². The largest absolute Gasteiger partial charge is 0.337 e. The molecule has 2 aromatic rings. The van der Waals surface area contributed by atoms with Crippen molar-refractivity contribution in [2.24, 2.45) is 14.1 Å². The summed E-state index contributed by atoms with van der Waals surface area (Å²) in [5.41, 5.74) is 1.86. The molecule has 0 aliphatic carbocycles. The zero-order valence-corrected chi connectivity index (χ0v) is 11.0. The molecule has 2 aromatic heterocycles. The molecule has 0 spiro atoms. The van der Waals surface area contributed by atoms with E-state index >= 15 is 0 Å². The molecule has 17 heavy (non-hydrogen) atoms. The van der Waals surface area contributed by atoms with Gasteiger partial charge in [0.25, 0.3) is 0 Å². The van der Waals surface area contributed by atoms with Crippen LogP contribution >= 0.6 is 11.6 Å². The minimum absolute atomic E-state index is 0.684. The lowest BCUT2D eigenvalue weighted by Crippen LogP contribution is -2.17. The molecule has 1 N–H and O–H groups in total. The summed E-state index contributed by atoms with van der Waals surface area (Å²) < 4.78 is 3.80. The normalized spacial score (nSPS) is 11.1. The highest BCUT2D eigenvalue weighted by atomic mass is 35.5. The minimum atomic E-state index is 0.684. The Labute approximate surface area is 105 Å². The van der Waals surface area contributed by atoms with Crippen molar-refractivity contribution in [3.63, 3.8) is 0 Å². The first-order chi connectivity index (χ1) is 8.09. The Morgan fingerprint density at radius 1 is 1.35 bits per heavy atom. The van der Waals surface area contributed by atoms with E-state index in [0.717, 1.165) is 22.2 Å². The maximum Gasteiger partial charge on any atom is 0.122 e. The second-order valence-electron chi connectivity index (χ2n) is 4.03. The third-order valence-electron chi connectivity index (χ3n) is 2.76. The Kier molecular flexibility index (Phi) is 3.49. The lowest BCUT2D eigenvalue weighted by atomic mass is 10.3. The van der Waals surface area contributed by atoms with Gasteiger partial charge in [-0.25, -0.2) is 4.98 Å². The minimum Gasteiger partial charge on any atom is -0.337 e. The van der Waals surface area contributed by atoms with Crippen LogP contribution in [-0.2, 0) is 27.2 Å². The van der Waals surface area contributed by atoms with Gasteiger partial charge in [0.15, 0.2) is 0 Å². The van der Waals surface area contributed by atoms with Crippen LogP contribution in [0.25, 0.3) is 0 Å². The molecule has 0 aliphatic rings. The molecule has 0 amide bonds. The highest BCUT2D eigenvalue weighted by Crippen LogP contribution is 2.18. The maximum atomic E-state index is 6.16. The molecule has 0 radical (unpaired) electrons. The monoisotopic (exact) mass is 253 g/mol. The van der Waals surface area contributed by atoms with Crippen molar-refractivity contribution >= 4 is 11.6 Å². The van der Waals surface area contributed by atoms with E-state index in [1.54, 1.807) is 6.20 Å². The van der Waals surface area contributed by atoms with E-state index in [0.29, 0.717) is 13.1 Å². The van der Waals surface area contributed by atoms with Crippen molar-refractivity contribution in [1.29, 1.82) is 0 Å². The van der Waals surface area contributed by atoms with Gasteiger partial charge in [-0.2, -0.15) is 5.10 Å². The van der Waals surface area contributed by atoms with E-state index < -0.39 is 0 Å². The molecule has 0 bridgehead atoms. The molecule has 0 unspecified atom stereocenters. The molecular formula is C11H16ClN5. The van der Waals surface area contributed by atoms with Gasteiger partial charge in [-0.15, -0.1) is 0 Å². The van der Waals surface area contributed by atoms with Gasteiger partial charge >= 0.3 is 0 Å². The fourth-order valence-corrected chi connectivity index (χ4v) is 1.96. The second-order valence-corrected chi connectivity index (χ2v) is 4.41. The fourth-order valence-electron chi connectivity index (χ4n) is 1.73. The average Bonchev–Trinajstić information content (AvgIpc) is 2.78. The fraction of sp³-hybridized carbons (Fsp3) is 0.455. The number of rotatable bonds is 4. The average molecular weight is 254 g/mol. The summed E-state index contributed by atoms with van der Waals surface area (Å²) in [6.07, 6.45) is 3.72. The topological polar surface area (TPSA) is 47.7 Å². The van der Waals surface area contributed by atoms with E-state index in [1.807, 2.05) is 36.5 Å². The van der Waals surface area contributed by atoms with Crippen molar-refractivity contribution in [2.45, 2.75) is 20.0 Å². The zero-order chi connectivity index (χ0) is 12.4. The molecule has 0 atom stereocenters. The third-order valence-corrected chi connectivity index (χ3v) is 3.25. The lowest BCUT2D eigenvalue weighted by Gasteiger charge is -2.06. The third kappa shape index (κ3) is 2.50. The molecule has 0 saturated heterocycles. The number of aromatic nitrogens is 4. The van der Waals surface area contributed by atoms with Gasteiger partial charge in [-0.1, -0.05) is 11.6 Å². The van der Waals surface area contributed by atoms with Crippen LogP contribution in [0.1, 0.15) is 17.2 Å². The lowest BCUT2D eigenvalue weighted by molar-refractivity contribution is 0.599. The summed E-state index contributed by atoms with van der Waals surface area (Å²) in [6.45, 7) is 3.30. The quantitative estimate of drug-likeness (QED) is 0.896. The first-order valence-corrected chi connectivity index (χ1v) is 5.82. The van der Waals surface area contributed by atoms with Crippen LogP contribution in [-0.4, -0.2) is 19.3 Å². The summed E-state index contributed by atoms with van der Waals surface area (Å²) in [7, 11) is 3.88. The standard InChI is InChI=1S/C11H16ClN5/c1-8-11(12)9(17(3)15-8)6-13-7-10-14-4-5-16(10)2/h4-5,13H,6-7H2,1-3H3. The van der Waals surface area contributed by atoms with E-state index in [2.05, 4.69) is 15.4 Å². The van der Waals surface area contributed by atoms with Crippen LogP contribution in [0.3, 0.4) is 0 Å². The van der Waals surface area contributed by atoms with Crippen LogP contribution in [0.15, 0.2) is 12.4 Å². The number of nitrogens with one attached hydrogen (secondary N) is 1. The Morgan fingerprint density at radius 2 is 2.12 bits per heavy atom. The molecule has 0 aliphatic heterocycles. The Hall–Kier alpha value is -1.33. The summed E-state index contributed by atoms with van der Waals surface area (Å²) in [5, 5.41) is 8.31. The van der Waals surface area contributed by atoms with Crippen molar-refractivity contribution in [3.05, 3.63) is 34.6 Å². The molecule has 2 rings (SSSR count). The number of hydrogen-bond donors (Lipinski definition) is 1. The SMILES string of the molecule is Cc1nn(C)c(CNCc2nccn2C)c1Cl.